The van der Waals surface area contributed by atoms with Gasteiger partial charge in [-0.3, -0.25) is 10.2 Å². The Hall–Kier alpha value is -2.83. The molecular weight excluding hydrogens is 259 g/mol. The first kappa shape index (κ1) is 13.6. The summed E-state index contributed by atoms with van der Waals surface area (Å²) in [5, 5.41) is 13.9. The number of fused-ring (bicyclic) bond motifs is 2. The Morgan fingerprint density at radius 3 is 2.60 bits per heavy atom. The van der Waals surface area contributed by atoms with Gasteiger partial charge in [-0.15, -0.1) is 0 Å². The Bertz CT molecular complexity index is 776. The number of aromatic nitrogens is 6. The SMILES string of the molecule is C.Fc1[nH]nc2ncccc12.c1cnc2[nH]ncc2c1. The molecule has 0 saturated carbocycles. The van der Waals surface area contributed by atoms with Gasteiger partial charge in [-0.1, -0.05) is 7.43 Å². The molecule has 4 aromatic heterocycles. The highest BCUT2D eigenvalue weighted by atomic mass is 19.1. The van der Waals surface area contributed by atoms with Crippen LogP contribution in [0.3, 0.4) is 0 Å². The molecule has 20 heavy (non-hydrogen) atoms. The monoisotopic (exact) mass is 272 g/mol. The Balaban J connectivity index is 0.000000141. The zero-order chi connectivity index (χ0) is 13.1. The van der Waals surface area contributed by atoms with E-state index in [1.165, 1.54) is 0 Å². The van der Waals surface area contributed by atoms with Crippen molar-refractivity contribution in [3.8, 4) is 0 Å². The molecule has 7 heteroatoms. The molecule has 4 heterocycles. The van der Waals surface area contributed by atoms with E-state index in [9.17, 15) is 4.39 Å². The molecule has 0 fully saturated rings. The Morgan fingerprint density at radius 1 is 1.00 bits per heavy atom. The summed E-state index contributed by atoms with van der Waals surface area (Å²) in [7, 11) is 0. The van der Waals surface area contributed by atoms with Gasteiger partial charge in [0, 0.05) is 17.8 Å². The number of pyridine rings is 2. The Kier molecular flexibility index (Phi) is 3.99. The van der Waals surface area contributed by atoms with Crippen molar-refractivity contribution in [2.45, 2.75) is 7.43 Å². The van der Waals surface area contributed by atoms with Gasteiger partial charge in [0.1, 0.15) is 0 Å². The van der Waals surface area contributed by atoms with Crippen molar-refractivity contribution in [3.63, 3.8) is 0 Å². The second-order valence-corrected chi connectivity index (χ2v) is 3.72. The molecule has 0 aromatic carbocycles. The molecule has 2 N–H and O–H groups in total. The summed E-state index contributed by atoms with van der Waals surface area (Å²) in [4.78, 5) is 7.84. The van der Waals surface area contributed by atoms with Gasteiger partial charge in [0.05, 0.1) is 11.6 Å². The first-order chi connectivity index (χ1) is 9.34. The van der Waals surface area contributed by atoms with Crippen LogP contribution in [0.1, 0.15) is 7.43 Å². The maximum Gasteiger partial charge on any atom is 0.218 e. The highest BCUT2D eigenvalue weighted by molar-refractivity contribution is 5.73. The molecule has 0 spiro atoms. The van der Waals surface area contributed by atoms with Gasteiger partial charge in [-0.2, -0.15) is 14.6 Å². The van der Waals surface area contributed by atoms with Gasteiger partial charge < -0.3 is 0 Å². The molecule has 0 saturated heterocycles. The van der Waals surface area contributed by atoms with E-state index in [4.69, 9.17) is 0 Å². The first-order valence-electron chi connectivity index (χ1n) is 5.53. The zero-order valence-electron chi connectivity index (χ0n) is 9.71. The minimum Gasteiger partial charge on any atom is -0.261 e. The highest BCUT2D eigenvalue weighted by Crippen LogP contribution is 2.09. The lowest BCUT2D eigenvalue weighted by Crippen LogP contribution is -1.72. The van der Waals surface area contributed by atoms with Crippen molar-refractivity contribution in [2.75, 3.05) is 0 Å². The summed E-state index contributed by atoms with van der Waals surface area (Å²) in [6.45, 7) is 0. The smallest absolute Gasteiger partial charge is 0.218 e. The Morgan fingerprint density at radius 2 is 1.80 bits per heavy atom. The largest absolute Gasteiger partial charge is 0.261 e. The van der Waals surface area contributed by atoms with Crippen molar-refractivity contribution < 1.29 is 4.39 Å². The summed E-state index contributed by atoms with van der Waals surface area (Å²) >= 11 is 0. The van der Waals surface area contributed by atoms with E-state index < -0.39 is 5.95 Å². The van der Waals surface area contributed by atoms with Crippen molar-refractivity contribution in [3.05, 3.63) is 48.8 Å². The van der Waals surface area contributed by atoms with Gasteiger partial charge >= 0.3 is 0 Å². The van der Waals surface area contributed by atoms with Crippen LogP contribution in [0.2, 0.25) is 0 Å². The molecule has 0 unspecified atom stereocenters. The number of aromatic amines is 2. The minimum atomic E-state index is -0.428. The lowest BCUT2D eigenvalue weighted by molar-refractivity contribution is 0.588. The minimum absolute atomic E-state index is 0. The summed E-state index contributed by atoms with van der Waals surface area (Å²) < 4.78 is 12.6. The average Bonchev–Trinajstić information content (AvgIpc) is 3.07. The van der Waals surface area contributed by atoms with Crippen LogP contribution in [0.4, 0.5) is 4.39 Å². The molecule has 0 atom stereocenters. The summed E-state index contributed by atoms with van der Waals surface area (Å²) in [5.41, 5.74) is 1.26. The molecule has 0 aliphatic heterocycles. The van der Waals surface area contributed by atoms with E-state index in [2.05, 4.69) is 30.4 Å². The maximum absolute atomic E-state index is 12.6. The van der Waals surface area contributed by atoms with Crippen LogP contribution in [0.5, 0.6) is 0 Å². The predicted molar refractivity (Wildman–Crippen MR) is 74.5 cm³/mol. The number of hydrogen-bond acceptors (Lipinski definition) is 4. The van der Waals surface area contributed by atoms with Crippen LogP contribution in [0.15, 0.2) is 42.9 Å². The maximum atomic E-state index is 12.6. The van der Waals surface area contributed by atoms with E-state index in [0.717, 1.165) is 11.0 Å². The topological polar surface area (TPSA) is 83.1 Å². The molecule has 0 radical (unpaired) electrons. The average molecular weight is 272 g/mol. The van der Waals surface area contributed by atoms with Gasteiger partial charge in [-0.25, -0.2) is 9.97 Å². The predicted octanol–water partition coefficient (Wildman–Crippen LogP) is 2.69. The lowest BCUT2D eigenvalue weighted by atomic mass is 10.4. The van der Waals surface area contributed by atoms with E-state index >= 15 is 0 Å². The third-order valence-corrected chi connectivity index (χ3v) is 2.50. The zero-order valence-corrected chi connectivity index (χ0v) is 9.71. The number of hydrogen-bond donors (Lipinski definition) is 2. The number of nitrogens with zero attached hydrogens (tertiary/aromatic N) is 4. The molecule has 4 aromatic rings. The summed E-state index contributed by atoms with van der Waals surface area (Å²) in [6, 6.07) is 7.14. The quantitative estimate of drug-likeness (QED) is 0.515. The summed E-state index contributed by atoms with van der Waals surface area (Å²) in [6.07, 6.45) is 5.06. The third-order valence-electron chi connectivity index (χ3n) is 2.50. The normalized spacial score (nSPS) is 9.85. The van der Waals surface area contributed by atoms with E-state index in [-0.39, 0.29) is 7.43 Å². The number of H-pyrrole nitrogens is 2. The van der Waals surface area contributed by atoms with Gasteiger partial charge in [0.15, 0.2) is 11.3 Å². The van der Waals surface area contributed by atoms with Crippen molar-refractivity contribution in [1.82, 2.24) is 30.4 Å². The van der Waals surface area contributed by atoms with Gasteiger partial charge in [0.25, 0.3) is 0 Å². The van der Waals surface area contributed by atoms with Crippen LogP contribution in [-0.4, -0.2) is 30.4 Å². The van der Waals surface area contributed by atoms with Crippen LogP contribution < -0.4 is 0 Å². The molecule has 4 rings (SSSR count). The van der Waals surface area contributed by atoms with Crippen molar-refractivity contribution >= 4 is 22.1 Å². The van der Waals surface area contributed by atoms with Crippen LogP contribution in [0, 0.1) is 5.95 Å². The van der Waals surface area contributed by atoms with Gasteiger partial charge in [-0.05, 0) is 24.3 Å². The fraction of sp³-hybridized carbons (Fsp3) is 0.0769. The lowest BCUT2D eigenvalue weighted by Gasteiger charge is -1.81. The number of rotatable bonds is 0. The van der Waals surface area contributed by atoms with Crippen LogP contribution >= 0.6 is 0 Å². The van der Waals surface area contributed by atoms with Crippen LogP contribution in [-0.2, 0) is 0 Å². The molecule has 0 aliphatic carbocycles. The molecule has 6 nitrogen and oxygen atoms in total. The standard InChI is InChI=1S/C6H4FN3.C6H5N3.CH4/c7-5-4-2-1-3-8-6(4)10-9-5;1-2-5-4-8-9-6(5)7-3-1;/h1-3H,(H,8,9,10);1-4H,(H,7,8,9);1H4. The van der Waals surface area contributed by atoms with Crippen molar-refractivity contribution in [2.24, 2.45) is 0 Å². The first-order valence-corrected chi connectivity index (χ1v) is 5.53. The van der Waals surface area contributed by atoms with Gasteiger partial charge in [0.2, 0.25) is 5.95 Å². The Labute approximate surface area is 114 Å². The molecule has 102 valence electrons. The van der Waals surface area contributed by atoms with E-state index in [0.29, 0.717) is 11.0 Å². The number of halogens is 1. The fourth-order valence-electron chi connectivity index (χ4n) is 1.60. The number of nitrogens with one attached hydrogen (secondary N) is 2. The fourth-order valence-corrected chi connectivity index (χ4v) is 1.60. The molecule has 0 aliphatic rings. The second kappa shape index (κ2) is 5.87. The van der Waals surface area contributed by atoms with Crippen LogP contribution in [0.25, 0.3) is 22.1 Å². The van der Waals surface area contributed by atoms with E-state index in [1.807, 2.05) is 12.1 Å². The van der Waals surface area contributed by atoms with Crippen molar-refractivity contribution in [1.29, 1.82) is 0 Å². The van der Waals surface area contributed by atoms with E-state index in [1.54, 1.807) is 30.7 Å². The third kappa shape index (κ3) is 2.61. The highest BCUT2D eigenvalue weighted by Gasteiger charge is 2.01. The second-order valence-electron chi connectivity index (χ2n) is 3.72. The molecule has 0 amide bonds. The molecule has 0 bridgehead atoms. The molecular formula is C13H13FN6. The summed E-state index contributed by atoms with van der Waals surface area (Å²) in [5.74, 6) is -0.428.